The Morgan fingerprint density at radius 3 is 2.78 bits per heavy atom. The Labute approximate surface area is 159 Å². The SMILES string of the molecule is N#Cc1ccc(-c2cc3c(cc2CC2COC2)[C@@H]2CC[C@H](CC3)N2)cc1F. The van der Waals surface area contributed by atoms with Crippen molar-refractivity contribution in [1.82, 2.24) is 5.32 Å². The first-order valence-corrected chi connectivity index (χ1v) is 9.91. The Morgan fingerprint density at radius 1 is 1.15 bits per heavy atom. The van der Waals surface area contributed by atoms with Crippen molar-refractivity contribution in [3.8, 4) is 17.2 Å². The van der Waals surface area contributed by atoms with Gasteiger partial charge in [0.05, 0.1) is 18.8 Å². The first kappa shape index (κ1) is 16.9. The summed E-state index contributed by atoms with van der Waals surface area (Å²) in [5, 5.41) is 12.8. The van der Waals surface area contributed by atoms with Crippen LogP contribution in [0, 0.1) is 23.1 Å². The molecule has 2 bridgehead atoms. The Bertz CT molecular complexity index is 929. The van der Waals surface area contributed by atoms with E-state index >= 15 is 0 Å². The number of nitrogens with zero attached hydrogens (tertiary/aromatic N) is 1. The molecule has 0 unspecified atom stereocenters. The molecule has 2 aromatic carbocycles. The Balaban J connectivity index is 1.61. The van der Waals surface area contributed by atoms with Crippen molar-refractivity contribution < 1.29 is 9.13 Å². The molecular weight excluding hydrogens is 339 g/mol. The predicted octanol–water partition coefficient (Wildman–Crippen LogP) is 4.29. The molecule has 0 aliphatic carbocycles. The van der Waals surface area contributed by atoms with Gasteiger partial charge in [-0.1, -0.05) is 18.2 Å². The van der Waals surface area contributed by atoms with Crippen molar-refractivity contribution in [1.29, 1.82) is 5.26 Å². The number of fused-ring (bicyclic) bond motifs is 4. The lowest BCUT2D eigenvalue weighted by Crippen LogP contribution is -2.29. The van der Waals surface area contributed by atoms with E-state index in [9.17, 15) is 4.39 Å². The van der Waals surface area contributed by atoms with Gasteiger partial charge in [0.15, 0.2) is 0 Å². The molecule has 2 saturated heterocycles. The predicted molar refractivity (Wildman–Crippen MR) is 102 cm³/mol. The van der Waals surface area contributed by atoms with E-state index in [4.69, 9.17) is 10.00 Å². The largest absolute Gasteiger partial charge is 0.381 e. The number of nitrogens with one attached hydrogen (secondary N) is 1. The second kappa shape index (κ2) is 6.74. The maximum atomic E-state index is 14.3. The van der Waals surface area contributed by atoms with Crippen LogP contribution in [0.5, 0.6) is 0 Å². The first-order chi connectivity index (χ1) is 13.2. The Kier molecular flexibility index (Phi) is 4.22. The van der Waals surface area contributed by atoms with Crippen LogP contribution in [0.25, 0.3) is 11.1 Å². The van der Waals surface area contributed by atoms with E-state index in [0.717, 1.165) is 37.2 Å². The molecule has 0 spiro atoms. The maximum absolute atomic E-state index is 14.3. The molecule has 2 atom stereocenters. The van der Waals surface area contributed by atoms with Crippen LogP contribution < -0.4 is 5.32 Å². The van der Waals surface area contributed by atoms with Gasteiger partial charge in [-0.15, -0.1) is 0 Å². The summed E-state index contributed by atoms with van der Waals surface area (Å²) in [7, 11) is 0. The van der Waals surface area contributed by atoms with Gasteiger partial charge in [-0.3, -0.25) is 0 Å². The molecule has 3 heterocycles. The third kappa shape index (κ3) is 3.05. The zero-order valence-corrected chi connectivity index (χ0v) is 15.3. The molecule has 5 rings (SSSR count). The van der Waals surface area contributed by atoms with E-state index in [1.54, 1.807) is 6.07 Å². The summed E-state index contributed by atoms with van der Waals surface area (Å²) in [4.78, 5) is 0. The molecule has 27 heavy (non-hydrogen) atoms. The van der Waals surface area contributed by atoms with Gasteiger partial charge in [0.25, 0.3) is 0 Å². The first-order valence-electron chi connectivity index (χ1n) is 9.91. The van der Waals surface area contributed by atoms with Crippen molar-refractivity contribution in [3.63, 3.8) is 0 Å². The van der Waals surface area contributed by atoms with Crippen molar-refractivity contribution in [2.24, 2.45) is 5.92 Å². The summed E-state index contributed by atoms with van der Waals surface area (Å²) in [6.45, 7) is 1.62. The lowest BCUT2D eigenvalue weighted by molar-refractivity contribution is -0.0311. The van der Waals surface area contributed by atoms with E-state index in [1.807, 2.05) is 12.1 Å². The van der Waals surface area contributed by atoms with Crippen LogP contribution in [0.2, 0.25) is 0 Å². The van der Waals surface area contributed by atoms with Gasteiger partial charge in [0.1, 0.15) is 11.9 Å². The van der Waals surface area contributed by atoms with E-state index in [0.29, 0.717) is 18.0 Å². The highest BCUT2D eigenvalue weighted by Gasteiger charge is 2.31. The average Bonchev–Trinajstić information content (AvgIpc) is 3.03. The van der Waals surface area contributed by atoms with Gasteiger partial charge >= 0.3 is 0 Å². The van der Waals surface area contributed by atoms with Crippen LogP contribution in [0.3, 0.4) is 0 Å². The summed E-state index contributed by atoms with van der Waals surface area (Å²) in [5.74, 6) is 0.101. The van der Waals surface area contributed by atoms with Gasteiger partial charge in [-0.2, -0.15) is 5.26 Å². The fourth-order valence-corrected chi connectivity index (χ4v) is 4.80. The second-order valence-corrected chi connectivity index (χ2v) is 8.15. The highest BCUT2D eigenvalue weighted by Crippen LogP contribution is 2.39. The summed E-state index contributed by atoms with van der Waals surface area (Å²) in [6, 6.07) is 12.6. The maximum Gasteiger partial charge on any atom is 0.141 e. The van der Waals surface area contributed by atoms with Crippen molar-refractivity contribution >= 4 is 0 Å². The molecule has 0 saturated carbocycles. The minimum Gasteiger partial charge on any atom is -0.381 e. The molecule has 0 aromatic heterocycles. The van der Waals surface area contributed by atoms with Crippen LogP contribution >= 0.6 is 0 Å². The number of rotatable bonds is 3. The van der Waals surface area contributed by atoms with Gasteiger partial charge in [0.2, 0.25) is 0 Å². The van der Waals surface area contributed by atoms with Crippen LogP contribution in [-0.4, -0.2) is 19.3 Å². The smallest absolute Gasteiger partial charge is 0.141 e. The molecule has 138 valence electrons. The summed E-state index contributed by atoms with van der Waals surface area (Å²) in [6.07, 6.45) is 5.66. The normalized spacial score (nSPS) is 24.0. The lowest BCUT2D eigenvalue weighted by atomic mass is 9.84. The van der Waals surface area contributed by atoms with Crippen molar-refractivity contribution in [3.05, 3.63) is 58.4 Å². The number of benzene rings is 2. The van der Waals surface area contributed by atoms with Crippen LogP contribution in [-0.2, 0) is 17.6 Å². The zero-order valence-electron chi connectivity index (χ0n) is 15.3. The third-order valence-electron chi connectivity index (χ3n) is 6.36. The van der Waals surface area contributed by atoms with E-state index < -0.39 is 5.82 Å². The lowest BCUT2D eigenvalue weighted by Gasteiger charge is -2.28. The van der Waals surface area contributed by atoms with Crippen LogP contribution in [0.15, 0.2) is 30.3 Å². The molecule has 0 amide bonds. The standard InChI is InChI=1S/C23H23FN2O/c24-22-10-16(1-2-17(22)11-25)20-8-15-3-4-19-5-6-23(26-19)21(15)9-18(20)7-14-12-27-13-14/h1-2,8-10,14,19,23,26H,3-7,12-13H2/t19-,23-/m0/s1. The number of hydrogen-bond donors (Lipinski definition) is 1. The molecule has 3 aliphatic rings. The molecule has 1 N–H and O–H groups in total. The monoisotopic (exact) mass is 362 g/mol. The summed E-state index contributed by atoms with van der Waals surface area (Å²) in [5.41, 5.74) is 6.18. The minimum atomic E-state index is -0.441. The number of halogens is 1. The van der Waals surface area contributed by atoms with Crippen molar-refractivity contribution in [2.75, 3.05) is 13.2 Å². The topological polar surface area (TPSA) is 45.0 Å². The van der Waals surface area contributed by atoms with E-state index in [-0.39, 0.29) is 5.56 Å². The van der Waals surface area contributed by atoms with E-state index in [1.165, 1.54) is 42.0 Å². The van der Waals surface area contributed by atoms with Gasteiger partial charge in [-0.05, 0) is 72.1 Å². The highest BCUT2D eigenvalue weighted by molar-refractivity contribution is 5.70. The summed E-state index contributed by atoms with van der Waals surface area (Å²) < 4.78 is 19.7. The molecule has 3 nitrogen and oxygen atoms in total. The average molecular weight is 362 g/mol. The van der Waals surface area contributed by atoms with Gasteiger partial charge in [-0.25, -0.2) is 4.39 Å². The van der Waals surface area contributed by atoms with Crippen LogP contribution in [0.1, 0.15) is 47.6 Å². The Hall–Kier alpha value is -2.22. The van der Waals surface area contributed by atoms with Gasteiger partial charge in [0, 0.05) is 18.0 Å². The summed E-state index contributed by atoms with van der Waals surface area (Å²) >= 11 is 0. The molecule has 2 fully saturated rings. The molecule has 3 aliphatic heterocycles. The number of ether oxygens (including phenoxy) is 1. The number of hydrogen-bond acceptors (Lipinski definition) is 3. The zero-order chi connectivity index (χ0) is 18.4. The molecule has 2 aromatic rings. The molecule has 4 heteroatoms. The highest BCUT2D eigenvalue weighted by atomic mass is 19.1. The van der Waals surface area contributed by atoms with Crippen molar-refractivity contribution in [2.45, 2.75) is 44.2 Å². The molecule has 0 radical (unpaired) electrons. The second-order valence-electron chi connectivity index (χ2n) is 8.15. The number of aryl methyl sites for hydroxylation is 1. The fraction of sp³-hybridized carbons (Fsp3) is 0.435. The number of nitriles is 1. The molecular formula is C23H23FN2O. The van der Waals surface area contributed by atoms with E-state index in [2.05, 4.69) is 17.4 Å². The van der Waals surface area contributed by atoms with Crippen LogP contribution in [0.4, 0.5) is 4.39 Å². The fourth-order valence-electron chi connectivity index (χ4n) is 4.80. The van der Waals surface area contributed by atoms with Gasteiger partial charge < -0.3 is 10.1 Å². The third-order valence-corrected chi connectivity index (χ3v) is 6.36. The quantitative estimate of drug-likeness (QED) is 0.886. The Morgan fingerprint density at radius 2 is 2.04 bits per heavy atom. The minimum absolute atomic E-state index is 0.101.